The molecule has 1 aliphatic rings. The quantitative estimate of drug-likeness (QED) is 0.339. The van der Waals surface area contributed by atoms with Crippen molar-refractivity contribution in [3.05, 3.63) is 64.6 Å². The van der Waals surface area contributed by atoms with Gasteiger partial charge in [-0.05, 0) is 37.1 Å². The molecule has 1 aromatic heterocycles. The molecule has 0 N–H and O–H groups in total. The molecule has 0 spiro atoms. The lowest BCUT2D eigenvalue weighted by molar-refractivity contribution is -0.749. The Balaban J connectivity index is 2.09. The molecule has 96 valence electrons. The van der Waals surface area contributed by atoms with E-state index in [4.69, 9.17) is 6.57 Å². The summed E-state index contributed by atoms with van der Waals surface area (Å²) in [4.78, 5) is 3.51. The zero-order chi connectivity index (χ0) is 13.9. The molecule has 3 heteroatoms. The van der Waals surface area contributed by atoms with Gasteiger partial charge in [0, 0.05) is 0 Å². The third kappa shape index (κ3) is 1.31. The molecule has 0 saturated carbocycles. The Bertz CT molecular complexity index is 910. The summed E-state index contributed by atoms with van der Waals surface area (Å²) in [5, 5.41) is 1.13. The van der Waals surface area contributed by atoms with Gasteiger partial charge in [0.15, 0.2) is 12.2 Å². The van der Waals surface area contributed by atoms with Crippen LogP contribution >= 0.6 is 0 Å². The van der Waals surface area contributed by atoms with Crippen molar-refractivity contribution in [3.8, 4) is 5.69 Å². The second kappa shape index (κ2) is 3.71. The van der Waals surface area contributed by atoms with E-state index < -0.39 is 0 Å². The number of hydrogen-bond acceptors (Lipinski definition) is 0. The van der Waals surface area contributed by atoms with E-state index in [2.05, 4.69) is 52.5 Å². The lowest BCUT2D eigenvalue weighted by Gasteiger charge is -2.04. The van der Waals surface area contributed by atoms with Crippen molar-refractivity contribution < 1.29 is 4.68 Å². The summed E-state index contributed by atoms with van der Waals surface area (Å²) in [6, 6.07) is 10.3. The van der Waals surface area contributed by atoms with E-state index in [1.54, 1.807) is 0 Å². The van der Waals surface area contributed by atoms with Crippen LogP contribution in [0.1, 0.15) is 16.7 Å². The molecule has 0 bridgehead atoms. The molecular formula is C17H14N3+. The van der Waals surface area contributed by atoms with E-state index in [-0.39, 0.29) is 0 Å². The van der Waals surface area contributed by atoms with Crippen molar-refractivity contribution in [1.82, 2.24) is 4.68 Å². The molecule has 0 saturated heterocycles. The fourth-order valence-electron chi connectivity index (χ4n) is 3.14. The zero-order valence-electron chi connectivity index (χ0n) is 11.5. The first-order valence-electron chi connectivity index (χ1n) is 6.71. The van der Waals surface area contributed by atoms with Gasteiger partial charge in [-0.25, -0.2) is 4.85 Å². The number of benzene rings is 2. The van der Waals surface area contributed by atoms with E-state index in [1.165, 1.54) is 27.9 Å². The maximum atomic E-state index is 7.13. The molecule has 0 fully saturated rings. The lowest BCUT2D eigenvalue weighted by atomic mass is 10.0. The molecule has 1 aliphatic heterocycles. The highest BCUT2D eigenvalue weighted by molar-refractivity contribution is 5.83. The molecule has 4 rings (SSSR count). The summed E-state index contributed by atoms with van der Waals surface area (Å²) < 4.78 is 4.52. The topological polar surface area (TPSA) is 13.2 Å². The number of rotatable bonds is 0. The number of aromatic nitrogens is 2. The van der Waals surface area contributed by atoms with E-state index in [0.29, 0.717) is 5.69 Å². The minimum absolute atomic E-state index is 0.698. The van der Waals surface area contributed by atoms with Gasteiger partial charge in [0.25, 0.3) is 0 Å². The summed E-state index contributed by atoms with van der Waals surface area (Å²) in [5.74, 6) is 0. The Morgan fingerprint density at radius 1 is 1.15 bits per heavy atom. The van der Waals surface area contributed by atoms with Crippen LogP contribution in [0, 0.1) is 20.4 Å². The summed E-state index contributed by atoms with van der Waals surface area (Å²) in [6.45, 7) is 12.4. The Hall–Kier alpha value is -2.60. The largest absolute Gasteiger partial charge is 0.238 e. The molecule has 0 unspecified atom stereocenters. The maximum absolute atomic E-state index is 7.13. The van der Waals surface area contributed by atoms with Crippen LogP contribution in [0.2, 0.25) is 0 Å². The van der Waals surface area contributed by atoms with E-state index in [0.717, 1.165) is 11.9 Å². The summed E-state index contributed by atoms with van der Waals surface area (Å²) >= 11 is 0. The molecular weight excluding hydrogens is 246 g/mol. The number of nitrogens with zero attached hydrogens (tertiary/aromatic N) is 3. The molecule has 0 amide bonds. The molecule has 0 radical (unpaired) electrons. The molecule has 2 heterocycles. The fraction of sp³-hybridized carbons (Fsp3) is 0.176. The Labute approximate surface area is 117 Å². The molecule has 0 atom stereocenters. The van der Waals surface area contributed by atoms with Crippen LogP contribution in [-0.2, 0) is 6.54 Å². The van der Waals surface area contributed by atoms with Crippen molar-refractivity contribution >= 4 is 16.6 Å². The third-order valence-corrected chi connectivity index (χ3v) is 4.16. The van der Waals surface area contributed by atoms with Crippen LogP contribution < -0.4 is 4.68 Å². The molecule has 0 aliphatic carbocycles. The van der Waals surface area contributed by atoms with Crippen LogP contribution in [0.25, 0.3) is 21.4 Å². The molecule has 3 aromatic rings. The summed E-state index contributed by atoms with van der Waals surface area (Å²) in [5.41, 5.74) is 7.21. The predicted octanol–water partition coefficient (Wildman–Crippen LogP) is 3.45. The first kappa shape index (κ1) is 11.2. The Morgan fingerprint density at radius 3 is 2.75 bits per heavy atom. The zero-order valence-corrected chi connectivity index (χ0v) is 11.5. The maximum Gasteiger partial charge on any atom is 0.203 e. The monoisotopic (exact) mass is 260 g/mol. The van der Waals surface area contributed by atoms with Gasteiger partial charge in [-0.2, -0.15) is 0 Å². The van der Waals surface area contributed by atoms with Crippen molar-refractivity contribution in [2.24, 2.45) is 0 Å². The fourth-order valence-corrected chi connectivity index (χ4v) is 3.14. The molecule has 2 aromatic carbocycles. The third-order valence-electron chi connectivity index (χ3n) is 4.16. The van der Waals surface area contributed by atoms with Crippen LogP contribution in [0.15, 0.2) is 36.5 Å². The van der Waals surface area contributed by atoms with Gasteiger partial charge in [0.05, 0.1) is 17.5 Å². The SMILES string of the molecule is [C-]#[N+]c1ccc2c(c1)c[n+]1n2-c2c(C)ccc(C)c2C1. The van der Waals surface area contributed by atoms with E-state index in [9.17, 15) is 0 Å². The Morgan fingerprint density at radius 2 is 1.95 bits per heavy atom. The second-order valence-corrected chi connectivity index (χ2v) is 5.42. The van der Waals surface area contributed by atoms with Crippen LogP contribution in [0.3, 0.4) is 0 Å². The van der Waals surface area contributed by atoms with Gasteiger partial charge in [-0.1, -0.05) is 18.2 Å². The standard InChI is InChI=1S/C17H14N3/c1-11-4-5-12(2)17-15(11)10-19-9-13-8-14(18-3)6-7-16(13)20(17)19/h4-9H,10H2,1-2H3/q+1. The minimum Gasteiger partial charge on any atom is -0.238 e. The van der Waals surface area contributed by atoms with Gasteiger partial charge in [0.2, 0.25) is 6.20 Å². The lowest BCUT2D eigenvalue weighted by Crippen LogP contribution is -2.36. The van der Waals surface area contributed by atoms with Crippen molar-refractivity contribution in [2.45, 2.75) is 20.4 Å². The first-order chi connectivity index (χ1) is 9.69. The molecule has 3 nitrogen and oxygen atoms in total. The number of hydrogen-bond donors (Lipinski definition) is 0. The van der Waals surface area contributed by atoms with Crippen LogP contribution in [0.4, 0.5) is 5.69 Å². The Kier molecular flexibility index (Phi) is 2.08. The van der Waals surface area contributed by atoms with Gasteiger partial charge in [-0.3, -0.25) is 0 Å². The van der Waals surface area contributed by atoms with Gasteiger partial charge in [0.1, 0.15) is 11.2 Å². The van der Waals surface area contributed by atoms with Gasteiger partial charge in [-0.15, -0.1) is 9.36 Å². The average molecular weight is 260 g/mol. The summed E-state index contributed by atoms with van der Waals surface area (Å²) in [7, 11) is 0. The molecule has 20 heavy (non-hydrogen) atoms. The average Bonchev–Trinajstić information content (AvgIpc) is 2.98. The van der Waals surface area contributed by atoms with E-state index in [1.807, 2.05) is 12.1 Å². The van der Waals surface area contributed by atoms with Crippen molar-refractivity contribution in [2.75, 3.05) is 0 Å². The van der Waals surface area contributed by atoms with E-state index >= 15 is 0 Å². The first-order valence-corrected chi connectivity index (χ1v) is 6.71. The highest BCUT2D eigenvalue weighted by Gasteiger charge is 2.30. The second-order valence-electron chi connectivity index (χ2n) is 5.42. The highest BCUT2D eigenvalue weighted by Crippen LogP contribution is 2.31. The minimum atomic E-state index is 0.698. The van der Waals surface area contributed by atoms with Crippen LogP contribution in [-0.4, -0.2) is 4.68 Å². The number of fused-ring (bicyclic) bond motifs is 5. The van der Waals surface area contributed by atoms with Crippen molar-refractivity contribution in [1.29, 1.82) is 0 Å². The highest BCUT2D eigenvalue weighted by atomic mass is 15.4. The van der Waals surface area contributed by atoms with Gasteiger partial charge < -0.3 is 0 Å². The van der Waals surface area contributed by atoms with Crippen molar-refractivity contribution in [3.63, 3.8) is 0 Å². The van der Waals surface area contributed by atoms with Crippen LogP contribution in [0.5, 0.6) is 0 Å². The number of aryl methyl sites for hydroxylation is 2. The predicted molar refractivity (Wildman–Crippen MR) is 78.3 cm³/mol. The summed E-state index contributed by atoms with van der Waals surface area (Å²) in [6.07, 6.45) is 2.14. The smallest absolute Gasteiger partial charge is 0.203 e. The normalized spacial score (nSPS) is 12.2. The van der Waals surface area contributed by atoms with Gasteiger partial charge >= 0.3 is 0 Å².